The monoisotopic (exact) mass is 294 g/mol. The molecular weight excluding hydrogens is 271 g/mol. The van der Waals surface area contributed by atoms with Gasteiger partial charge < -0.3 is 15.8 Å². The Balaban J connectivity index is 2.01. The molecule has 0 atom stereocenters. The predicted octanol–water partition coefficient (Wildman–Crippen LogP) is 1.45. The summed E-state index contributed by atoms with van der Waals surface area (Å²) in [7, 11) is 0. The third kappa shape index (κ3) is 3.92. The van der Waals surface area contributed by atoms with E-state index in [2.05, 4.69) is 21.9 Å². The summed E-state index contributed by atoms with van der Waals surface area (Å²) in [5, 5.41) is 11.6. The summed E-state index contributed by atoms with van der Waals surface area (Å²) in [6.07, 6.45) is 1.16. The molecule has 1 aliphatic heterocycles. The van der Waals surface area contributed by atoms with E-state index in [1.165, 1.54) is 6.07 Å². The Morgan fingerprint density at radius 1 is 1.29 bits per heavy atom. The number of benzene rings is 1. The fraction of sp³-hybridized carbons (Fsp3) is 0.533. The lowest BCUT2D eigenvalue weighted by Crippen LogP contribution is -2.46. The van der Waals surface area contributed by atoms with Crippen LogP contribution < -0.4 is 5.73 Å². The summed E-state index contributed by atoms with van der Waals surface area (Å²) >= 11 is 0. The highest BCUT2D eigenvalue weighted by Crippen LogP contribution is 2.16. The van der Waals surface area contributed by atoms with Crippen LogP contribution in [0, 0.1) is 5.82 Å². The van der Waals surface area contributed by atoms with Crippen molar-refractivity contribution in [1.29, 1.82) is 0 Å². The minimum Gasteiger partial charge on any atom is -0.409 e. The molecule has 21 heavy (non-hydrogen) atoms. The van der Waals surface area contributed by atoms with Crippen molar-refractivity contribution in [3.8, 4) is 0 Å². The summed E-state index contributed by atoms with van der Waals surface area (Å²) in [5.41, 5.74) is 6.23. The molecule has 1 aliphatic rings. The van der Waals surface area contributed by atoms with Gasteiger partial charge in [-0.2, -0.15) is 0 Å². The fourth-order valence-corrected chi connectivity index (χ4v) is 2.68. The van der Waals surface area contributed by atoms with Gasteiger partial charge in [-0.05, 0) is 19.0 Å². The third-order valence-corrected chi connectivity index (χ3v) is 3.86. The van der Waals surface area contributed by atoms with Gasteiger partial charge in [0.2, 0.25) is 0 Å². The first kappa shape index (κ1) is 15.7. The molecule has 0 radical (unpaired) electrons. The first-order valence-corrected chi connectivity index (χ1v) is 7.35. The van der Waals surface area contributed by atoms with Crippen LogP contribution in [-0.4, -0.2) is 53.6 Å². The van der Waals surface area contributed by atoms with Gasteiger partial charge in [0, 0.05) is 38.3 Å². The first-order chi connectivity index (χ1) is 10.2. The zero-order valence-corrected chi connectivity index (χ0v) is 12.4. The second kappa shape index (κ2) is 7.38. The van der Waals surface area contributed by atoms with Crippen molar-refractivity contribution in [3.63, 3.8) is 0 Å². The Morgan fingerprint density at radius 3 is 2.57 bits per heavy atom. The predicted molar refractivity (Wildman–Crippen MR) is 80.9 cm³/mol. The second-order valence-corrected chi connectivity index (χ2v) is 5.38. The summed E-state index contributed by atoms with van der Waals surface area (Å²) < 4.78 is 14.4. The number of oxime groups is 1. The average Bonchev–Trinajstić information content (AvgIpc) is 2.51. The van der Waals surface area contributed by atoms with E-state index < -0.39 is 5.82 Å². The molecule has 1 saturated heterocycles. The van der Waals surface area contributed by atoms with Crippen molar-refractivity contribution in [3.05, 3.63) is 35.1 Å². The number of amidine groups is 1. The highest BCUT2D eigenvalue weighted by atomic mass is 19.1. The summed E-state index contributed by atoms with van der Waals surface area (Å²) in [5.74, 6) is -0.592. The number of hydrogen-bond acceptors (Lipinski definition) is 4. The van der Waals surface area contributed by atoms with Crippen LogP contribution in [0.4, 0.5) is 4.39 Å². The van der Waals surface area contributed by atoms with E-state index in [4.69, 9.17) is 10.9 Å². The molecule has 1 aromatic carbocycles. The third-order valence-electron chi connectivity index (χ3n) is 3.86. The maximum Gasteiger partial charge on any atom is 0.173 e. The van der Waals surface area contributed by atoms with Gasteiger partial charge in [0.05, 0.1) is 5.56 Å². The van der Waals surface area contributed by atoms with Gasteiger partial charge in [-0.15, -0.1) is 0 Å². The van der Waals surface area contributed by atoms with Gasteiger partial charge in [-0.3, -0.25) is 4.90 Å². The number of nitrogens with two attached hydrogens (primary N) is 1. The normalized spacial score (nSPS) is 18.1. The van der Waals surface area contributed by atoms with Crippen LogP contribution >= 0.6 is 0 Å². The SMILES string of the molecule is CCCN1CCN(Cc2cccc(/C(N)=N/O)c2F)CC1. The molecule has 0 aromatic heterocycles. The van der Waals surface area contributed by atoms with Crippen molar-refractivity contribution in [2.45, 2.75) is 19.9 Å². The molecule has 0 spiro atoms. The van der Waals surface area contributed by atoms with Crippen LogP contribution in [0.3, 0.4) is 0 Å². The van der Waals surface area contributed by atoms with Crippen molar-refractivity contribution in [2.24, 2.45) is 10.9 Å². The minimum atomic E-state index is -0.399. The Labute approximate surface area is 124 Å². The van der Waals surface area contributed by atoms with Gasteiger partial charge in [0.15, 0.2) is 5.84 Å². The van der Waals surface area contributed by atoms with Crippen LogP contribution in [-0.2, 0) is 6.54 Å². The largest absolute Gasteiger partial charge is 0.409 e. The maximum atomic E-state index is 14.4. The molecular formula is C15H23FN4O. The Kier molecular flexibility index (Phi) is 5.52. The van der Waals surface area contributed by atoms with E-state index in [0.29, 0.717) is 12.1 Å². The van der Waals surface area contributed by atoms with Crippen molar-refractivity contribution < 1.29 is 9.60 Å². The molecule has 3 N–H and O–H groups in total. The molecule has 1 fully saturated rings. The Morgan fingerprint density at radius 2 is 1.95 bits per heavy atom. The Hall–Kier alpha value is -1.66. The van der Waals surface area contributed by atoms with E-state index in [1.54, 1.807) is 12.1 Å². The summed E-state index contributed by atoms with van der Waals surface area (Å²) in [6, 6.07) is 5.01. The van der Waals surface area contributed by atoms with Crippen molar-refractivity contribution >= 4 is 5.84 Å². The molecule has 116 valence electrons. The lowest BCUT2D eigenvalue weighted by molar-refractivity contribution is 0.126. The molecule has 1 heterocycles. The number of rotatable bonds is 5. The van der Waals surface area contributed by atoms with Crippen molar-refractivity contribution in [1.82, 2.24) is 9.80 Å². The quantitative estimate of drug-likeness (QED) is 0.373. The molecule has 6 heteroatoms. The molecule has 0 amide bonds. The van der Waals surface area contributed by atoms with Gasteiger partial charge in [-0.1, -0.05) is 24.2 Å². The molecule has 0 unspecified atom stereocenters. The molecule has 0 aliphatic carbocycles. The van der Waals surface area contributed by atoms with Crippen LogP contribution in [0.15, 0.2) is 23.4 Å². The number of hydrogen-bond donors (Lipinski definition) is 2. The lowest BCUT2D eigenvalue weighted by Gasteiger charge is -2.34. The summed E-state index contributed by atoms with van der Waals surface area (Å²) in [6.45, 7) is 7.78. The molecule has 2 rings (SSSR count). The van der Waals surface area contributed by atoms with E-state index in [-0.39, 0.29) is 11.4 Å². The molecule has 5 nitrogen and oxygen atoms in total. The van der Waals surface area contributed by atoms with Crippen molar-refractivity contribution in [2.75, 3.05) is 32.7 Å². The molecule has 0 saturated carbocycles. The van der Waals surface area contributed by atoms with Gasteiger partial charge in [0.1, 0.15) is 5.82 Å². The van der Waals surface area contributed by atoms with Gasteiger partial charge in [0.25, 0.3) is 0 Å². The molecule has 1 aromatic rings. The zero-order chi connectivity index (χ0) is 15.2. The smallest absolute Gasteiger partial charge is 0.173 e. The lowest BCUT2D eigenvalue weighted by atomic mass is 10.1. The second-order valence-electron chi connectivity index (χ2n) is 5.38. The number of halogens is 1. The zero-order valence-electron chi connectivity index (χ0n) is 12.4. The van der Waals surface area contributed by atoms with Gasteiger partial charge in [-0.25, -0.2) is 4.39 Å². The maximum absolute atomic E-state index is 14.4. The fourth-order valence-electron chi connectivity index (χ4n) is 2.68. The highest BCUT2D eigenvalue weighted by molar-refractivity contribution is 5.97. The van der Waals surface area contributed by atoms with E-state index >= 15 is 0 Å². The topological polar surface area (TPSA) is 65.1 Å². The Bertz CT molecular complexity index is 498. The summed E-state index contributed by atoms with van der Waals surface area (Å²) in [4.78, 5) is 4.67. The minimum absolute atomic E-state index is 0.152. The van der Waals surface area contributed by atoms with Crippen LogP contribution in [0.1, 0.15) is 24.5 Å². The van der Waals surface area contributed by atoms with Gasteiger partial charge >= 0.3 is 0 Å². The van der Waals surface area contributed by atoms with Crippen LogP contribution in [0.5, 0.6) is 0 Å². The number of nitrogens with zero attached hydrogens (tertiary/aromatic N) is 3. The average molecular weight is 294 g/mol. The van der Waals surface area contributed by atoms with E-state index in [1.807, 2.05) is 0 Å². The van der Waals surface area contributed by atoms with E-state index in [9.17, 15) is 4.39 Å². The first-order valence-electron chi connectivity index (χ1n) is 7.35. The van der Waals surface area contributed by atoms with E-state index in [0.717, 1.165) is 39.1 Å². The van der Waals surface area contributed by atoms with Crippen LogP contribution in [0.25, 0.3) is 0 Å². The molecule has 0 bridgehead atoms. The standard InChI is InChI=1S/C15H23FN4O/c1-2-6-19-7-9-20(10-8-19)11-12-4-3-5-13(14(12)16)15(17)18-21/h3-5,21H,2,6-11H2,1H3,(H2,17,18). The number of piperazine rings is 1. The highest BCUT2D eigenvalue weighted by Gasteiger charge is 2.18. The van der Waals surface area contributed by atoms with Crippen LogP contribution in [0.2, 0.25) is 0 Å².